The number of hydrogen-bond acceptors (Lipinski definition) is 1. The first-order valence-corrected chi connectivity index (χ1v) is 7.99. The van der Waals surface area contributed by atoms with Gasteiger partial charge < -0.3 is 4.90 Å². The Kier molecular flexibility index (Phi) is 2.50. The van der Waals surface area contributed by atoms with E-state index in [1.54, 1.807) is 0 Å². The Labute approximate surface area is 110 Å². The second kappa shape index (κ2) is 3.98. The van der Waals surface area contributed by atoms with Gasteiger partial charge in [0.1, 0.15) is 0 Å². The summed E-state index contributed by atoms with van der Waals surface area (Å²) in [7, 11) is 2.10. The summed E-state index contributed by atoms with van der Waals surface area (Å²) in [4.78, 5) is 14.7. The normalized spacial score (nSPS) is 45.9. The predicted molar refractivity (Wildman–Crippen MR) is 70.9 cm³/mol. The number of carbonyl (C=O) groups is 1. The van der Waals surface area contributed by atoms with Crippen molar-refractivity contribution < 1.29 is 4.79 Å². The van der Waals surface area contributed by atoms with Crippen LogP contribution >= 0.6 is 0 Å². The zero-order chi connectivity index (χ0) is 12.3. The van der Waals surface area contributed by atoms with Crippen LogP contribution in [0.25, 0.3) is 0 Å². The molecule has 0 unspecified atom stereocenters. The SMILES string of the molecule is CN(C(=O)C1CCC1)C1C2CC3CC(C2)CC1C3. The zero-order valence-electron chi connectivity index (χ0n) is 11.5. The fraction of sp³-hybridized carbons (Fsp3) is 0.938. The van der Waals surface area contributed by atoms with Crippen LogP contribution in [0.2, 0.25) is 0 Å². The molecule has 0 aromatic rings. The Morgan fingerprint density at radius 3 is 1.94 bits per heavy atom. The lowest BCUT2D eigenvalue weighted by Crippen LogP contribution is -2.57. The van der Waals surface area contributed by atoms with E-state index < -0.39 is 0 Å². The first kappa shape index (κ1) is 11.3. The molecule has 0 heterocycles. The Morgan fingerprint density at radius 1 is 0.944 bits per heavy atom. The lowest BCUT2D eigenvalue weighted by molar-refractivity contribution is -0.148. The summed E-state index contributed by atoms with van der Waals surface area (Å²) >= 11 is 0. The predicted octanol–water partition coefficient (Wildman–Crippen LogP) is 3.07. The summed E-state index contributed by atoms with van der Waals surface area (Å²) in [5.74, 6) is 4.56. The third kappa shape index (κ3) is 1.57. The molecule has 0 aliphatic heterocycles. The molecule has 2 nitrogen and oxygen atoms in total. The lowest BCUT2D eigenvalue weighted by atomic mass is 9.54. The van der Waals surface area contributed by atoms with Gasteiger partial charge in [-0.15, -0.1) is 0 Å². The van der Waals surface area contributed by atoms with Crippen molar-refractivity contribution in [2.45, 2.75) is 57.4 Å². The minimum atomic E-state index is 0.382. The van der Waals surface area contributed by atoms with E-state index >= 15 is 0 Å². The number of rotatable bonds is 2. The second-order valence-corrected chi connectivity index (χ2v) is 7.50. The number of nitrogens with zero attached hydrogens (tertiary/aromatic N) is 1. The van der Waals surface area contributed by atoms with E-state index in [1.807, 2.05) is 0 Å². The smallest absolute Gasteiger partial charge is 0.225 e. The first-order valence-electron chi connectivity index (χ1n) is 7.99. The van der Waals surface area contributed by atoms with Crippen LogP contribution < -0.4 is 0 Å². The van der Waals surface area contributed by atoms with E-state index in [9.17, 15) is 4.79 Å². The molecule has 100 valence electrons. The Balaban J connectivity index is 1.52. The maximum Gasteiger partial charge on any atom is 0.225 e. The van der Waals surface area contributed by atoms with Gasteiger partial charge in [-0.1, -0.05) is 6.42 Å². The van der Waals surface area contributed by atoms with Crippen molar-refractivity contribution in [3.05, 3.63) is 0 Å². The molecule has 1 amide bonds. The summed E-state index contributed by atoms with van der Waals surface area (Å²) in [6.45, 7) is 0. The number of hydrogen-bond donors (Lipinski definition) is 0. The van der Waals surface area contributed by atoms with Crippen molar-refractivity contribution >= 4 is 5.91 Å². The van der Waals surface area contributed by atoms with Gasteiger partial charge in [-0.25, -0.2) is 0 Å². The van der Waals surface area contributed by atoms with Gasteiger partial charge in [0.05, 0.1) is 0 Å². The minimum absolute atomic E-state index is 0.382. The van der Waals surface area contributed by atoms with Crippen molar-refractivity contribution in [3.63, 3.8) is 0 Å². The van der Waals surface area contributed by atoms with E-state index in [0.29, 0.717) is 17.9 Å². The van der Waals surface area contributed by atoms with Gasteiger partial charge >= 0.3 is 0 Å². The van der Waals surface area contributed by atoms with Crippen LogP contribution in [0.5, 0.6) is 0 Å². The van der Waals surface area contributed by atoms with E-state index in [4.69, 9.17) is 0 Å². The first-order chi connectivity index (χ1) is 8.72. The molecular formula is C16H25NO. The van der Waals surface area contributed by atoms with Gasteiger partial charge in [0.2, 0.25) is 5.91 Å². The Morgan fingerprint density at radius 2 is 1.50 bits per heavy atom. The summed E-state index contributed by atoms with van der Waals surface area (Å²) < 4.78 is 0. The highest BCUT2D eigenvalue weighted by Crippen LogP contribution is 2.55. The van der Waals surface area contributed by atoms with Crippen molar-refractivity contribution in [1.82, 2.24) is 4.90 Å². The summed E-state index contributed by atoms with van der Waals surface area (Å²) in [6.07, 6.45) is 10.7. The molecule has 5 rings (SSSR count). The highest BCUT2D eigenvalue weighted by atomic mass is 16.2. The van der Waals surface area contributed by atoms with Crippen molar-refractivity contribution in [2.24, 2.45) is 29.6 Å². The molecule has 0 atom stereocenters. The van der Waals surface area contributed by atoms with Crippen LogP contribution in [0, 0.1) is 29.6 Å². The molecule has 4 bridgehead atoms. The van der Waals surface area contributed by atoms with E-state index in [0.717, 1.165) is 36.5 Å². The van der Waals surface area contributed by atoms with E-state index in [1.165, 1.54) is 38.5 Å². The average molecular weight is 247 g/mol. The molecule has 0 aromatic carbocycles. The molecule has 5 aliphatic rings. The fourth-order valence-electron chi connectivity index (χ4n) is 5.62. The van der Waals surface area contributed by atoms with Crippen LogP contribution in [0.3, 0.4) is 0 Å². The zero-order valence-corrected chi connectivity index (χ0v) is 11.5. The van der Waals surface area contributed by atoms with E-state index in [-0.39, 0.29) is 0 Å². The van der Waals surface area contributed by atoms with Gasteiger partial charge in [-0.2, -0.15) is 0 Å². The molecule has 0 saturated heterocycles. The van der Waals surface area contributed by atoms with Crippen molar-refractivity contribution in [2.75, 3.05) is 7.05 Å². The average Bonchev–Trinajstić information content (AvgIpc) is 2.24. The Bertz CT molecular complexity index is 332. The van der Waals surface area contributed by atoms with Crippen molar-refractivity contribution in [1.29, 1.82) is 0 Å². The van der Waals surface area contributed by atoms with Crippen LogP contribution in [0.15, 0.2) is 0 Å². The molecular weight excluding hydrogens is 222 g/mol. The van der Waals surface area contributed by atoms with Gasteiger partial charge in [0, 0.05) is 19.0 Å². The summed E-state index contributed by atoms with van der Waals surface area (Å²) in [5, 5.41) is 0. The van der Waals surface area contributed by atoms with Gasteiger partial charge in [-0.05, 0) is 68.6 Å². The molecule has 5 aliphatic carbocycles. The van der Waals surface area contributed by atoms with Crippen molar-refractivity contribution in [3.8, 4) is 0 Å². The van der Waals surface area contributed by atoms with E-state index in [2.05, 4.69) is 11.9 Å². The lowest BCUT2D eigenvalue weighted by Gasteiger charge is -2.57. The standard InChI is InChI=1S/C16H25NO/c1-17(16(18)12-3-2-4-12)15-13-6-10-5-11(8-13)9-14(15)7-10/h10-15H,2-9H2,1H3. The van der Waals surface area contributed by atoms with Crippen LogP contribution in [-0.4, -0.2) is 23.9 Å². The quantitative estimate of drug-likeness (QED) is 0.734. The second-order valence-electron chi connectivity index (χ2n) is 7.50. The van der Waals surface area contributed by atoms with Gasteiger partial charge in [0.25, 0.3) is 0 Å². The maximum absolute atomic E-state index is 12.5. The topological polar surface area (TPSA) is 20.3 Å². The Hall–Kier alpha value is -0.530. The maximum atomic E-state index is 12.5. The van der Waals surface area contributed by atoms with Crippen LogP contribution in [0.1, 0.15) is 51.4 Å². The van der Waals surface area contributed by atoms with Gasteiger partial charge in [0.15, 0.2) is 0 Å². The number of amides is 1. The van der Waals surface area contributed by atoms with Gasteiger partial charge in [-0.3, -0.25) is 4.79 Å². The monoisotopic (exact) mass is 247 g/mol. The molecule has 5 fully saturated rings. The third-order valence-corrected chi connectivity index (χ3v) is 6.43. The molecule has 0 radical (unpaired) electrons. The minimum Gasteiger partial charge on any atom is -0.342 e. The summed E-state index contributed by atoms with van der Waals surface area (Å²) in [6, 6.07) is 0.603. The van der Waals surface area contributed by atoms with Crippen LogP contribution in [0.4, 0.5) is 0 Å². The molecule has 0 N–H and O–H groups in total. The van der Waals surface area contributed by atoms with Crippen LogP contribution in [-0.2, 0) is 4.79 Å². The highest BCUT2D eigenvalue weighted by Gasteiger charge is 2.50. The number of carbonyl (C=O) groups excluding carboxylic acids is 1. The fourth-order valence-corrected chi connectivity index (χ4v) is 5.62. The largest absolute Gasteiger partial charge is 0.342 e. The molecule has 18 heavy (non-hydrogen) atoms. The molecule has 0 spiro atoms. The highest BCUT2D eigenvalue weighted by molar-refractivity contribution is 5.79. The molecule has 0 aromatic heterocycles. The summed E-state index contributed by atoms with van der Waals surface area (Å²) in [5.41, 5.74) is 0. The molecule has 2 heteroatoms. The third-order valence-electron chi connectivity index (χ3n) is 6.43. The molecule has 5 saturated carbocycles.